The van der Waals surface area contributed by atoms with Crippen molar-refractivity contribution in [2.75, 3.05) is 18.6 Å². The Labute approximate surface area is 108 Å². The standard InChI is InChI=1S/C14H20N2O2/c1-14(2)12(15)8-9-16(14)11-6-4-10(5-7-11)13(17)18-3/h4-7,12H,8-9,15H2,1-3H3. The van der Waals surface area contributed by atoms with Crippen LogP contribution in [0.1, 0.15) is 30.6 Å². The number of carbonyl (C=O) groups is 1. The molecule has 0 aliphatic carbocycles. The van der Waals surface area contributed by atoms with Crippen molar-refractivity contribution < 1.29 is 9.53 Å². The van der Waals surface area contributed by atoms with Crippen molar-refractivity contribution in [3.8, 4) is 0 Å². The third kappa shape index (κ3) is 2.08. The Hall–Kier alpha value is -1.55. The van der Waals surface area contributed by atoms with Crippen molar-refractivity contribution in [1.29, 1.82) is 0 Å². The van der Waals surface area contributed by atoms with Gasteiger partial charge in [0.15, 0.2) is 0 Å². The number of nitrogens with zero attached hydrogens (tertiary/aromatic N) is 1. The Bertz CT molecular complexity index is 440. The van der Waals surface area contributed by atoms with E-state index in [2.05, 4.69) is 23.5 Å². The Kier molecular flexibility index (Phi) is 3.30. The zero-order valence-electron chi connectivity index (χ0n) is 11.1. The van der Waals surface area contributed by atoms with Crippen LogP contribution in [0.5, 0.6) is 0 Å². The molecule has 0 bridgehead atoms. The predicted octanol–water partition coefficient (Wildman–Crippen LogP) is 1.79. The van der Waals surface area contributed by atoms with Crippen molar-refractivity contribution in [1.82, 2.24) is 0 Å². The van der Waals surface area contributed by atoms with Crippen molar-refractivity contribution in [3.63, 3.8) is 0 Å². The number of rotatable bonds is 2. The van der Waals surface area contributed by atoms with Gasteiger partial charge in [0.25, 0.3) is 0 Å². The number of methoxy groups -OCH3 is 1. The summed E-state index contributed by atoms with van der Waals surface area (Å²) in [6.07, 6.45) is 0.992. The second kappa shape index (κ2) is 4.61. The molecule has 0 aromatic heterocycles. The maximum Gasteiger partial charge on any atom is 0.337 e. The van der Waals surface area contributed by atoms with Crippen molar-refractivity contribution >= 4 is 11.7 Å². The molecular weight excluding hydrogens is 228 g/mol. The second-order valence-electron chi connectivity index (χ2n) is 5.24. The highest BCUT2D eigenvalue weighted by atomic mass is 16.5. The molecule has 4 heteroatoms. The maximum absolute atomic E-state index is 11.4. The van der Waals surface area contributed by atoms with Crippen molar-refractivity contribution in [2.24, 2.45) is 5.73 Å². The Morgan fingerprint density at radius 1 is 1.39 bits per heavy atom. The van der Waals surface area contributed by atoms with Crippen LogP contribution in [0.3, 0.4) is 0 Å². The van der Waals surface area contributed by atoms with E-state index in [0.29, 0.717) is 5.56 Å². The summed E-state index contributed by atoms with van der Waals surface area (Å²) in [7, 11) is 1.39. The lowest BCUT2D eigenvalue weighted by Gasteiger charge is -2.36. The molecule has 0 saturated carbocycles. The number of esters is 1. The fraction of sp³-hybridized carbons (Fsp3) is 0.500. The first-order valence-corrected chi connectivity index (χ1v) is 6.18. The molecule has 4 nitrogen and oxygen atoms in total. The average molecular weight is 248 g/mol. The fourth-order valence-corrected chi connectivity index (χ4v) is 2.47. The van der Waals surface area contributed by atoms with E-state index in [0.717, 1.165) is 18.7 Å². The summed E-state index contributed by atoms with van der Waals surface area (Å²) >= 11 is 0. The van der Waals surface area contributed by atoms with Gasteiger partial charge in [-0.05, 0) is 44.5 Å². The van der Waals surface area contributed by atoms with Gasteiger partial charge in [0.1, 0.15) is 0 Å². The second-order valence-corrected chi connectivity index (χ2v) is 5.24. The molecule has 1 heterocycles. The summed E-state index contributed by atoms with van der Waals surface area (Å²) in [4.78, 5) is 13.7. The molecule has 1 aromatic rings. The van der Waals surface area contributed by atoms with E-state index in [1.165, 1.54) is 7.11 Å². The van der Waals surface area contributed by atoms with Gasteiger partial charge in [-0.2, -0.15) is 0 Å². The zero-order chi connectivity index (χ0) is 13.3. The van der Waals surface area contributed by atoms with Gasteiger partial charge >= 0.3 is 5.97 Å². The average Bonchev–Trinajstić information content (AvgIpc) is 2.63. The minimum Gasteiger partial charge on any atom is -0.465 e. The number of ether oxygens (including phenoxy) is 1. The molecule has 0 spiro atoms. The van der Waals surface area contributed by atoms with Crippen LogP contribution in [-0.2, 0) is 4.74 Å². The van der Waals surface area contributed by atoms with Crippen LogP contribution in [0.4, 0.5) is 5.69 Å². The van der Waals surface area contributed by atoms with E-state index < -0.39 is 0 Å². The van der Waals surface area contributed by atoms with Gasteiger partial charge in [0.05, 0.1) is 12.7 Å². The van der Waals surface area contributed by atoms with E-state index in [4.69, 9.17) is 5.73 Å². The first-order chi connectivity index (χ1) is 8.46. The van der Waals surface area contributed by atoms with Gasteiger partial charge < -0.3 is 15.4 Å². The maximum atomic E-state index is 11.4. The number of carbonyl (C=O) groups excluding carboxylic acids is 1. The van der Waals surface area contributed by atoms with Crippen LogP contribution in [0.2, 0.25) is 0 Å². The van der Waals surface area contributed by atoms with E-state index in [1.54, 1.807) is 12.1 Å². The summed E-state index contributed by atoms with van der Waals surface area (Å²) in [6.45, 7) is 5.25. The van der Waals surface area contributed by atoms with E-state index in [1.807, 2.05) is 12.1 Å². The van der Waals surface area contributed by atoms with Gasteiger partial charge in [-0.1, -0.05) is 0 Å². The molecule has 0 amide bonds. The molecule has 1 saturated heterocycles. The normalized spacial score (nSPS) is 22.0. The topological polar surface area (TPSA) is 55.6 Å². The molecule has 2 N–H and O–H groups in total. The quantitative estimate of drug-likeness (QED) is 0.811. The van der Waals surface area contributed by atoms with Gasteiger partial charge in [-0.25, -0.2) is 4.79 Å². The molecule has 98 valence electrons. The highest BCUT2D eigenvalue weighted by molar-refractivity contribution is 5.89. The molecule has 1 fully saturated rings. The zero-order valence-corrected chi connectivity index (χ0v) is 11.1. The summed E-state index contributed by atoms with van der Waals surface area (Å²) < 4.78 is 4.69. The van der Waals surface area contributed by atoms with Gasteiger partial charge in [-0.15, -0.1) is 0 Å². The number of hydrogen-bond donors (Lipinski definition) is 1. The summed E-state index contributed by atoms with van der Waals surface area (Å²) in [5.41, 5.74) is 7.74. The van der Waals surface area contributed by atoms with E-state index in [-0.39, 0.29) is 17.6 Å². The fourth-order valence-electron chi connectivity index (χ4n) is 2.47. The lowest BCUT2D eigenvalue weighted by molar-refractivity contribution is 0.0601. The predicted molar refractivity (Wildman–Crippen MR) is 71.8 cm³/mol. The van der Waals surface area contributed by atoms with Crippen LogP contribution >= 0.6 is 0 Å². The first-order valence-electron chi connectivity index (χ1n) is 6.18. The molecule has 1 atom stereocenters. The third-order valence-corrected chi connectivity index (χ3v) is 3.87. The lowest BCUT2D eigenvalue weighted by Crippen LogP contribution is -2.48. The van der Waals surface area contributed by atoms with Gasteiger partial charge in [0, 0.05) is 23.8 Å². The van der Waals surface area contributed by atoms with Gasteiger partial charge in [-0.3, -0.25) is 0 Å². The molecular formula is C14H20N2O2. The van der Waals surface area contributed by atoms with Crippen molar-refractivity contribution in [3.05, 3.63) is 29.8 Å². The Balaban J connectivity index is 2.23. The van der Waals surface area contributed by atoms with Crippen molar-refractivity contribution in [2.45, 2.75) is 31.8 Å². The summed E-state index contributed by atoms with van der Waals surface area (Å²) in [5, 5.41) is 0. The number of hydrogen-bond acceptors (Lipinski definition) is 4. The molecule has 18 heavy (non-hydrogen) atoms. The minimum absolute atomic E-state index is 0.0488. The van der Waals surface area contributed by atoms with Crippen LogP contribution in [-0.4, -0.2) is 31.2 Å². The Morgan fingerprint density at radius 3 is 2.44 bits per heavy atom. The molecule has 1 unspecified atom stereocenters. The monoisotopic (exact) mass is 248 g/mol. The highest BCUT2D eigenvalue weighted by Gasteiger charge is 2.38. The van der Waals surface area contributed by atoms with Crippen LogP contribution in [0.15, 0.2) is 24.3 Å². The third-order valence-electron chi connectivity index (χ3n) is 3.87. The molecule has 2 rings (SSSR count). The van der Waals surface area contributed by atoms with E-state index >= 15 is 0 Å². The SMILES string of the molecule is COC(=O)c1ccc(N2CCC(N)C2(C)C)cc1. The molecule has 1 aromatic carbocycles. The summed E-state index contributed by atoms with van der Waals surface area (Å²) in [5.74, 6) is -0.307. The highest BCUT2D eigenvalue weighted by Crippen LogP contribution is 2.32. The first kappa shape index (κ1) is 12.9. The Morgan fingerprint density at radius 2 is 2.00 bits per heavy atom. The summed E-state index contributed by atoms with van der Waals surface area (Å²) in [6, 6.07) is 7.66. The van der Waals surface area contributed by atoms with Gasteiger partial charge in [0.2, 0.25) is 0 Å². The minimum atomic E-state index is -0.307. The van der Waals surface area contributed by atoms with Crippen LogP contribution in [0, 0.1) is 0 Å². The molecule has 1 aliphatic rings. The van der Waals surface area contributed by atoms with Crippen LogP contribution in [0.25, 0.3) is 0 Å². The number of anilines is 1. The van der Waals surface area contributed by atoms with Crippen LogP contribution < -0.4 is 10.6 Å². The largest absolute Gasteiger partial charge is 0.465 e. The van der Waals surface area contributed by atoms with E-state index in [9.17, 15) is 4.79 Å². The molecule has 1 aliphatic heterocycles. The molecule has 0 radical (unpaired) electrons. The number of benzene rings is 1. The number of nitrogens with two attached hydrogens (primary N) is 1. The lowest BCUT2D eigenvalue weighted by atomic mass is 9.96. The smallest absolute Gasteiger partial charge is 0.337 e.